The van der Waals surface area contributed by atoms with Gasteiger partial charge in [0.05, 0.1) is 6.10 Å². The van der Waals surface area contributed by atoms with Crippen molar-refractivity contribution in [2.45, 2.75) is 26.5 Å². The number of aliphatic hydroxyl groups is 1. The highest BCUT2D eigenvalue weighted by Crippen LogP contribution is 2.14. The molecule has 0 aliphatic carbocycles. The molecule has 1 rings (SSSR count). The van der Waals surface area contributed by atoms with Gasteiger partial charge in [-0.2, -0.15) is 0 Å². The summed E-state index contributed by atoms with van der Waals surface area (Å²) in [6.45, 7) is 3.98. The number of aliphatic hydroxyl groups excluding tert-OH is 1. The predicted molar refractivity (Wildman–Crippen MR) is 65.8 cm³/mol. The molecule has 0 saturated heterocycles. The molecule has 0 bridgehead atoms. The van der Waals surface area contributed by atoms with Gasteiger partial charge in [0, 0.05) is 13.6 Å². The molecule has 0 saturated carbocycles. The van der Waals surface area contributed by atoms with E-state index in [-0.39, 0.29) is 12.0 Å². The van der Waals surface area contributed by atoms with Crippen LogP contribution in [0.5, 0.6) is 5.75 Å². The third-order valence-corrected chi connectivity index (χ3v) is 2.28. The van der Waals surface area contributed by atoms with Crippen molar-refractivity contribution in [3.05, 3.63) is 29.8 Å². The lowest BCUT2D eigenvalue weighted by Gasteiger charge is -2.16. The molecule has 0 heterocycles. The van der Waals surface area contributed by atoms with Gasteiger partial charge in [0.1, 0.15) is 12.4 Å². The molecule has 1 N–H and O–H groups in total. The Morgan fingerprint density at radius 3 is 2.41 bits per heavy atom. The summed E-state index contributed by atoms with van der Waals surface area (Å²) in [5, 5.41) is 8.72. The third-order valence-electron chi connectivity index (χ3n) is 2.28. The lowest BCUT2D eigenvalue weighted by Crippen LogP contribution is -2.28. The maximum absolute atomic E-state index is 11.2. The van der Waals surface area contributed by atoms with Crippen LogP contribution in [-0.4, -0.2) is 35.7 Å². The molecule has 0 spiro atoms. The van der Waals surface area contributed by atoms with Gasteiger partial charge in [-0.05, 0) is 31.5 Å². The number of ether oxygens (including phenoxy) is 1. The molecule has 94 valence electrons. The highest BCUT2D eigenvalue weighted by Gasteiger charge is 2.07. The normalized spacial score (nSPS) is 10.4. The highest BCUT2D eigenvalue weighted by molar-refractivity contribution is 5.76. The summed E-state index contributed by atoms with van der Waals surface area (Å²) in [4.78, 5) is 12.7. The Kier molecular flexibility index (Phi) is 4.97. The van der Waals surface area contributed by atoms with Gasteiger partial charge in [0.2, 0.25) is 5.91 Å². The minimum Gasteiger partial charge on any atom is -0.491 e. The SMILES string of the molecule is CC(C)Oc1ccc(CN(C)C(=O)CO)cc1. The largest absolute Gasteiger partial charge is 0.491 e. The van der Waals surface area contributed by atoms with E-state index in [0.29, 0.717) is 6.54 Å². The first-order valence-electron chi connectivity index (χ1n) is 5.63. The molecule has 0 aromatic heterocycles. The van der Waals surface area contributed by atoms with Gasteiger partial charge in [-0.25, -0.2) is 0 Å². The quantitative estimate of drug-likeness (QED) is 0.842. The number of amides is 1. The summed E-state index contributed by atoms with van der Waals surface area (Å²) >= 11 is 0. The number of benzene rings is 1. The number of nitrogens with zero attached hydrogens (tertiary/aromatic N) is 1. The second kappa shape index (κ2) is 6.25. The Balaban J connectivity index is 2.59. The average molecular weight is 237 g/mol. The van der Waals surface area contributed by atoms with Crippen molar-refractivity contribution >= 4 is 5.91 Å². The minimum absolute atomic E-state index is 0.152. The Morgan fingerprint density at radius 2 is 1.94 bits per heavy atom. The smallest absolute Gasteiger partial charge is 0.248 e. The molecule has 0 radical (unpaired) electrons. The van der Waals surface area contributed by atoms with Crippen molar-refractivity contribution in [1.29, 1.82) is 0 Å². The second-order valence-corrected chi connectivity index (χ2v) is 4.22. The van der Waals surface area contributed by atoms with Crippen LogP contribution in [0.1, 0.15) is 19.4 Å². The van der Waals surface area contributed by atoms with Crippen molar-refractivity contribution in [1.82, 2.24) is 4.90 Å². The first-order valence-corrected chi connectivity index (χ1v) is 5.63. The summed E-state index contributed by atoms with van der Waals surface area (Å²) in [7, 11) is 1.66. The minimum atomic E-state index is -0.453. The van der Waals surface area contributed by atoms with E-state index in [4.69, 9.17) is 9.84 Å². The number of hydrogen-bond donors (Lipinski definition) is 1. The molecule has 4 heteroatoms. The zero-order chi connectivity index (χ0) is 12.8. The van der Waals surface area contributed by atoms with Gasteiger partial charge < -0.3 is 14.7 Å². The molecule has 0 aliphatic heterocycles. The molecule has 1 amide bonds. The molecule has 0 atom stereocenters. The third kappa shape index (κ3) is 4.44. The maximum Gasteiger partial charge on any atom is 0.248 e. The van der Waals surface area contributed by atoms with E-state index in [1.165, 1.54) is 4.90 Å². The Morgan fingerprint density at radius 1 is 1.35 bits per heavy atom. The van der Waals surface area contributed by atoms with E-state index in [9.17, 15) is 4.79 Å². The Labute approximate surface area is 102 Å². The Bertz CT molecular complexity index is 359. The van der Waals surface area contributed by atoms with E-state index in [1.54, 1.807) is 7.05 Å². The van der Waals surface area contributed by atoms with Crippen molar-refractivity contribution in [3.8, 4) is 5.75 Å². The average Bonchev–Trinajstić information content (AvgIpc) is 2.30. The maximum atomic E-state index is 11.2. The summed E-state index contributed by atoms with van der Waals surface area (Å²) < 4.78 is 5.52. The van der Waals surface area contributed by atoms with Gasteiger partial charge in [0.25, 0.3) is 0 Å². The van der Waals surface area contributed by atoms with Crippen molar-refractivity contribution in [3.63, 3.8) is 0 Å². The monoisotopic (exact) mass is 237 g/mol. The molecule has 0 aliphatic rings. The second-order valence-electron chi connectivity index (χ2n) is 4.22. The number of rotatable bonds is 5. The lowest BCUT2D eigenvalue weighted by molar-refractivity contribution is -0.133. The fraction of sp³-hybridized carbons (Fsp3) is 0.462. The van der Waals surface area contributed by atoms with Crippen molar-refractivity contribution in [2.24, 2.45) is 0 Å². The summed E-state index contributed by atoms with van der Waals surface area (Å²) in [5.74, 6) is 0.535. The molecule has 1 aromatic carbocycles. The number of carbonyl (C=O) groups is 1. The van der Waals surface area contributed by atoms with Crippen LogP contribution in [0.4, 0.5) is 0 Å². The first-order chi connectivity index (χ1) is 8.02. The topological polar surface area (TPSA) is 49.8 Å². The predicted octanol–water partition coefficient (Wildman–Crippen LogP) is 1.42. The van der Waals surface area contributed by atoms with E-state index in [0.717, 1.165) is 11.3 Å². The van der Waals surface area contributed by atoms with Gasteiger partial charge in [-0.1, -0.05) is 12.1 Å². The van der Waals surface area contributed by atoms with Crippen LogP contribution in [0, 0.1) is 0 Å². The van der Waals surface area contributed by atoms with Gasteiger partial charge in [-0.15, -0.1) is 0 Å². The van der Waals surface area contributed by atoms with E-state index >= 15 is 0 Å². The van der Waals surface area contributed by atoms with Crippen LogP contribution in [0.3, 0.4) is 0 Å². The van der Waals surface area contributed by atoms with Crippen LogP contribution in [-0.2, 0) is 11.3 Å². The van der Waals surface area contributed by atoms with Gasteiger partial charge >= 0.3 is 0 Å². The summed E-state index contributed by atoms with van der Waals surface area (Å²) in [5.41, 5.74) is 1.01. The van der Waals surface area contributed by atoms with Crippen LogP contribution < -0.4 is 4.74 Å². The van der Waals surface area contributed by atoms with Crippen LogP contribution >= 0.6 is 0 Å². The van der Waals surface area contributed by atoms with Crippen LogP contribution in [0.15, 0.2) is 24.3 Å². The zero-order valence-corrected chi connectivity index (χ0v) is 10.5. The van der Waals surface area contributed by atoms with Gasteiger partial charge in [0.15, 0.2) is 0 Å². The first kappa shape index (κ1) is 13.5. The molecular formula is C13H19NO3. The zero-order valence-electron chi connectivity index (χ0n) is 10.5. The van der Waals surface area contributed by atoms with Crippen LogP contribution in [0.2, 0.25) is 0 Å². The number of hydrogen-bond acceptors (Lipinski definition) is 3. The highest BCUT2D eigenvalue weighted by atomic mass is 16.5. The van der Waals surface area contributed by atoms with E-state index in [2.05, 4.69) is 0 Å². The fourth-order valence-corrected chi connectivity index (χ4v) is 1.43. The molecule has 0 fully saturated rings. The van der Waals surface area contributed by atoms with Crippen LogP contribution in [0.25, 0.3) is 0 Å². The number of likely N-dealkylation sites (N-methyl/N-ethyl adjacent to an activating group) is 1. The number of carbonyl (C=O) groups excluding carboxylic acids is 1. The molecular weight excluding hydrogens is 218 g/mol. The summed E-state index contributed by atoms with van der Waals surface area (Å²) in [6.07, 6.45) is 0.152. The molecule has 1 aromatic rings. The molecule has 0 unspecified atom stereocenters. The van der Waals surface area contributed by atoms with Gasteiger partial charge in [-0.3, -0.25) is 4.79 Å². The molecule has 17 heavy (non-hydrogen) atoms. The van der Waals surface area contributed by atoms with Crippen molar-refractivity contribution in [2.75, 3.05) is 13.7 Å². The standard InChI is InChI=1S/C13H19NO3/c1-10(2)17-12-6-4-11(5-7-12)8-14(3)13(16)9-15/h4-7,10,15H,8-9H2,1-3H3. The summed E-state index contributed by atoms with van der Waals surface area (Å²) in [6, 6.07) is 7.59. The lowest BCUT2D eigenvalue weighted by atomic mass is 10.2. The molecule has 4 nitrogen and oxygen atoms in total. The van der Waals surface area contributed by atoms with E-state index in [1.807, 2.05) is 38.1 Å². The Hall–Kier alpha value is -1.55. The fourth-order valence-electron chi connectivity index (χ4n) is 1.43. The van der Waals surface area contributed by atoms with E-state index < -0.39 is 6.61 Å². The van der Waals surface area contributed by atoms with Crippen molar-refractivity contribution < 1.29 is 14.6 Å².